The van der Waals surface area contributed by atoms with E-state index in [1.165, 1.54) is 32.1 Å². The van der Waals surface area contributed by atoms with Gasteiger partial charge in [-0.1, -0.05) is 5.18 Å². The molecular formula is C11H17NO. The molecule has 4 atom stereocenters. The number of rotatable bonds is 2. The second kappa shape index (κ2) is 2.79. The van der Waals surface area contributed by atoms with Crippen molar-refractivity contribution in [2.45, 2.75) is 32.1 Å². The third kappa shape index (κ3) is 1.07. The van der Waals surface area contributed by atoms with Crippen LogP contribution >= 0.6 is 0 Å². The van der Waals surface area contributed by atoms with Crippen LogP contribution < -0.4 is 0 Å². The van der Waals surface area contributed by atoms with Crippen molar-refractivity contribution in [1.82, 2.24) is 0 Å². The van der Waals surface area contributed by atoms with Crippen molar-refractivity contribution in [3.63, 3.8) is 0 Å². The van der Waals surface area contributed by atoms with E-state index in [9.17, 15) is 4.91 Å². The van der Waals surface area contributed by atoms with Gasteiger partial charge in [-0.05, 0) is 61.7 Å². The zero-order valence-corrected chi connectivity index (χ0v) is 7.98. The van der Waals surface area contributed by atoms with Crippen molar-refractivity contribution >= 4 is 0 Å². The Morgan fingerprint density at radius 2 is 1.62 bits per heavy atom. The molecule has 3 aliphatic carbocycles. The summed E-state index contributed by atoms with van der Waals surface area (Å²) in [5.74, 6) is 4.70. The van der Waals surface area contributed by atoms with E-state index < -0.39 is 0 Å². The number of hydrogen-bond acceptors (Lipinski definition) is 2. The summed E-state index contributed by atoms with van der Waals surface area (Å²) in [6.07, 6.45) is 7.10. The van der Waals surface area contributed by atoms with E-state index in [-0.39, 0.29) is 0 Å². The molecule has 2 heteroatoms. The van der Waals surface area contributed by atoms with E-state index in [1.807, 2.05) is 0 Å². The molecule has 0 aromatic carbocycles. The van der Waals surface area contributed by atoms with Gasteiger partial charge < -0.3 is 0 Å². The molecule has 0 spiro atoms. The Kier molecular flexibility index (Phi) is 1.71. The molecule has 0 aliphatic heterocycles. The molecule has 0 amide bonds. The summed E-state index contributed by atoms with van der Waals surface area (Å²) in [5, 5.41) is 3.07. The van der Waals surface area contributed by atoms with Crippen LogP contribution in [0.25, 0.3) is 0 Å². The predicted molar refractivity (Wildman–Crippen MR) is 51.2 cm³/mol. The van der Waals surface area contributed by atoms with Crippen molar-refractivity contribution in [3.8, 4) is 0 Å². The average Bonchev–Trinajstić information content (AvgIpc) is 2.72. The summed E-state index contributed by atoms with van der Waals surface area (Å²) in [6.45, 7) is 0.590. The average molecular weight is 179 g/mol. The van der Waals surface area contributed by atoms with Crippen LogP contribution in [-0.2, 0) is 0 Å². The van der Waals surface area contributed by atoms with Crippen molar-refractivity contribution in [3.05, 3.63) is 4.91 Å². The molecule has 3 fully saturated rings. The molecule has 2 bridgehead atoms. The lowest BCUT2D eigenvalue weighted by atomic mass is 9.82. The molecule has 4 unspecified atom stereocenters. The molecule has 0 saturated heterocycles. The van der Waals surface area contributed by atoms with E-state index in [4.69, 9.17) is 0 Å². The van der Waals surface area contributed by atoms with Crippen molar-refractivity contribution in [1.29, 1.82) is 0 Å². The molecule has 0 radical (unpaired) electrons. The van der Waals surface area contributed by atoms with Crippen molar-refractivity contribution in [2.75, 3.05) is 6.54 Å². The van der Waals surface area contributed by atoms with Crippen molar-refractivity contribution < 1.29 is 0 Å². The second-order valence-electron chi connectivity index (χ2n) is 5.31. The summed E-state index contributed by atoms with van der Waals surface area (Å²) >= 11 is 0. The fraction of sp³-hybridized carbons (Fsp3) is 1.00. The van der Waals surface area contributed by atoms with Crippen LogP contribution in [0.4, 0.5) is 0 Å². The first-order valence-electron chi connectivity index (χ1n) is 5.67. The van der Waals surface area contributed by atoms with Gasteiger partial charge in [0.25, 0.3) is 0 Å². The van der Waals surface area contributed by atoms with Gasteiger partial charge in [-0.3, -0.25) is 0 Å². The fourth-order valence-corrected chi connectivity index (χ4v) is 4.38. The van der Waals surface area contributed by atoms with Crippen LogP contribution in [0.1, 0.15) is 32.1 Å². The maximum Gasteiger partial charge on any atom is 0.0839 e. The summed E-state index contributed by atoms with van der Waals surface area (Å²) in [5.41, 5.74) is 0. The van der Waals surface area contributed by atoms with Gasteiger partial charge in [0.05, 0.1) is 6.54 Å². The van der Waals surface area contributed by atoms with Crippen LogP contribution in [0.5, 0.6) is 0 Å². The van der Waals surface area contributed by atoms with Gasteiger partial charge in [0.15, 0.2) is 0 Å². The Balaban J connectivity index is 1.72. The van der Waals surface area contributed by atoms with Gasteiger partial charge in [-0.25, -0.2) is 0 Å². The largest absolute Gasteiger partial charge is 0.151 e. The Labute approximate surface area is 79.1 Å². The minimum Gasteiger partial charge on any atom is -0.151 e. The Morgan fingerprint density at radius 3 is 2.15 bits per heavy atom. The highest BCUT2D eigenvalue weighted by Crippen LogP contribution is 2.59. The van der Waals surface area contributed by atoms with Crippen LogP contribution in [0.15, 0.2) is 5.18 Å². The monoisotopic (exact) mass is 179 g/mol. The molecule has 0 aromatic heterocycles. The van der Waals surface area contributed by atoms with E-state index in [0.717, 1.165) is 23.7 Å². The summed E-state index contributed by atoms with van der Waals surface area (Å²) in [4.78, 5) is 10.2. The van der Waals surface area contributed by atoms with E-state index in [2.05, 4.69) is 5.18 Å². The van der Waals surface area contributed by atoms with Gasteiger partial charge in [-0.2, -0.15) is 4.91 Å². The van der Waals surface area contributed by atoms with Gasteiger partial charge in [0.1, 0.15) is 0 Å². The zero-order chi connectivity index (χ0) is 8.84. The molecule has 3 saturated carbocycles. The van der Waals surface area contributed by atoms with Crippen LogP contribution in [-0.4, -0.2) is 6.54 Å². The van der Waals surface area contributed by atoms with Crippen molar-refractivity contribution in [2.24, 2.45) is 34.8 Å². The molecule has 3 aliphatic rings. The molecule has 0 heterocycles. The number of nitroso groups, excluding NO2 is 1. The van der Waals surface area contributed by atoms with E-state index in [0.29, 0.717) is 12.5 Å². The molecule has 3 rings (SSSR count). The standard InChI is InChI=1S/C11H17NO/c13-12-6-7-3-10-8-1-2-9(5-8)11(10)4-7/h7-11H,1-6H2. The lowest BCUT2D eigenvalue weighted by molar-refractivity contribution is 0.259. The lowest BCUT2D eigenvalue weighted by Crippen LogP contribution is -2.15. The first-order valence-corrected chi connectivity index (χ1v) is 5.67. The minimum absolute atomic E-state index is 0.590. The normalized spacial score (nSPS) is 52.5. The molecule has 2 nitrogen and oxygen atoms in total. The van der Waals surface area contributed by atoms with Crippen LogP contribution in [0.3, 0.4) is 0 Å². The third-order valence-electron chi connectivity index (χ3n) is 4.82. The summed E-state index contributed by atoms with van der Waals surface area (Å²) in [7, 11) is 0. The SMILES string of the molecule is O=NCC1CC2C3CCC(C3)C2C1. The second-order valence-corrected chi connectivity index (χ2v) is 5.31. The first kappa shape index (κ1) is 7.95. The fourth-order valence-electron chi connectivity index (χ4n) is 4.38. The van der Waals surface area contributed by atoms with Gasteiger partial charge in [0.2, 0.25) is 0 Å². The van der Waals surface area contributed by atoms with Gasteiger partial charge in [-0.15, -0.1) is 0 Å². The van der Waals surface area contributed by atoms with Crippen LogP contribution in [0, 0.1) is 34.5 Å². The molecule has 13 heavy (non-hydrogen) atoms. The summed E-state index contributed by atoms with van der Waals surface area (Å²) < 4.78 is 0. The first-order chi connectivity index (χ1) is 6.38. The quantitative estimate of drug-likeness (QED) is 0.599. The van der Waals surface area contributed by atoms with Gasteiger partial charge >= 0.3 is 0 Å². The minimum atomic E-state index is 0.590. The third-order valence-corrected chi connectivity index (χ3v) is 4.82. The molecule has 72 valence electrons. The number of fused-ring (bicyclic) bond motifs is 5. The zero-order valence-electron chi connectivity index (χ0n) is 7.98. The topological polar surface area (TPSA) is 29.4 Å². The Hall–Kier alpha value is -0.400. The smallest absolute Gasteiger partial charge is 0.0839 e. The highest BCUT2D eigenvalue weighted by Gasteiger charge is 2.51. The van der Waals surface area contributed by atoms with Gasteiger partial charge in [0, 0.05) is 0 Å². The Bertz CT molecular complexity index is 210. The predicted octanol–water partition coefficient (Wildman–Crippen LogP) is 2.83. The molecule has 0 N–H and O–H groups in total. The van der Waals surface area contributed by atoms with E-state index in [1.54, 1.807) is 0 Å². The summed E-state index contributed by atoms with van der Waals surface area (Å²) in [6, 6.07) is 0. The number of nitrogens with zero attached hydrogens (tertiary/aromatic N) is 1. The molecule has 0 aromatic rings. The highest BCUT2D eigenvalue weighted by atomic mass is 16.3. The van der Waals surface area contributed by atoms with Crippen LogP contribution in [0.2, 0.25) is 0 Å². The molecular weight excluding hydrogens is 162 g/mol. The van der Waals surface area contributed by atoms with E-state index >= 15 is 0 Å². The number of hydrogen-bond donors (Lipinski definition) is 0. The highest BCUT2D eigenvalue weighted by molar-refractivity contribution is 5.01. The lowest BCUT2D eigenvalue weighted by Gasteiger charge is -2.23. The Morgan fingerprint density at radius 1 is 1.00 bits per heavy atom. The maximum atomic E-state index is 10.2. The maximum absolute atomic E-state index is 10.2.